The topological polar surface area (TPSA) is 28.7 Å². The van der Waals surface area contributed by atoms with Crippen molar-refractivity contribution in [1.82, 2.24) is 9.97 Å². The molecule has 0 aliphatic rings. The number of hydrogen-bond donors (Lipinski definition) is 1. The smallest absolute Gasteiger partial charge is 0.130 e. The van der Waals surface area contributed by atoms with Crippen molar-refractivity contribution in [2.24, 2.45) is 0 Å². The molecule has 0 atom stereocenters. The average molecular weight is 238 g/mol. The summed E-state index contributed by atoms with van der Waals surface area (Å²) < 4.78 is 26.4. The molecule has 1 aromatic heterocycles. The van der Waals surface area contributed by atoms with Gasteiger partial charge in [-0.05, 0) is 25.1 Å². The van der Waals surface area contributed by atoms with Gasteiger partial charge in [0.1, 0.15) is 22.1 Å². The fraction of sp³-hybridized carbons (Fsp3) is 0.0909. The molecule has 1 aromatic carbocycles. The summed E-state index contributed by atoms with van der Waals surface area (Å²) in [5.74, 6) is -0.639. The third-order valence-corrected chi connectivity index (χ3v) is 2.24. The lowest BCUT2D eigenvalue weighted by molar-refractivity contribution is 0.584. The summed E-state index contributed by atoms with van der Waals surface area (Å²) >= 11 is 4.93. The van der Waals surface area contributed by atoms with E-state index in [4.69, 9.17) is 12.2 Å². The lowest BCUT2D eigenvalue weighted by atomic mass is 10.1. The Hall–Kier alpha value is -1.62. The molecule has 0 fully saturated rings. The highest BCUT2D eigenvalue weighted by atomic mass is 32.1. The predicted octanol–water partition coefficient (Wildman–Crippen LogP) is 3.39. The van der Waals surface area contributed by atoms with Gasteiger partial charge in [-0.2, -0.15) is 0 Å². The van der Waals surface area contributed by atoms with E-state index in [2.05, 4.69) is 9.97 Å². The molecule has 0 aliphatic heterocycles. The number of halogens is 2. The van der Waals surface area contributed by atoms with Gasteiger partial charge >= 0.3 is 0 Å². The van der Waals surface area contributed by atoms with Crippen LogP contribution in [0.3, 0.4) is 0 Å². The Kier molecular flexibility index (Phi) is 2.78. The maximum atomic E-state index is 13.0. The number of aromatic nitrogens is 2. The second-order valence-corrected chi connectivity index (χ2v) is 3.79. The number of nitrogens with zero attached hydrogens (tertiary/aromatic N) is 1. The van der Waals surface area contributed by atoms with E-state index in [1.54, 1.807) is 13.0 Å². The zero-order valence-corrected chi connectivity index (χ0v) is 9.24. The van der Waals surface area contributed by atoms with Gasteiger partial charge in [-0.15, -0.1) is 0 Å². The van der Waals surface area contributed by atoms with Gasteiger partial charge in [0.2, 0.25) is 0 Å². The largest absolute Gasteiger partial charge is 0.343 e. The summed E-state index contributed by atoms with van der Waals surface area (Å²) in [4.78, 5) is 6.88. The zero-order chi connectivity index (χ0) is 11.7. The molecule has 2 nitrogen and oxygen atoms in total. The molecule has 2 aromatic rings. The minimum Gasteiger partial charge on any atom is -0.343 e. The summed E-state index contributed by atoms with van der Waals surface area (Å²) in [7, 11) is 0. The first-order valence-corrected chi connectivity index (χ1v) is 5.00. The Morgan fingerprint density at radius 1 is 1.12 bits per heavy atom. The molecule has 0 bridgehead atoms. The van der Waals surface area contributed by atoms with Gasteiger partial charge in [-0.3, -0.25) is 0 Å². The van der Waals surface area contributed by atoms with Crippen LogP contribution in [0.1, 0.15) is 5.82 Å². The van der Waals surface area contributed by atoms with E-state index < -0.39 is 11.6 Å². The predicted molar refractivity (Wildman–Crippen MR) is 59.5 cm³/mol. The highest BCUT2D eigenvalue weighted by Crippen LogP contribution is 2.19. The van der Waals surface area contributed by atoms with Crippen molar-refractivity contribution in [3.8, 4) is 11.3 Å². The molecule has 16 heavy (non-hydrogen) atoms. The molecule has 0 unspecified atom stereocenters. The fourth-order valence-corrected chi connectivity index (χ4v) is 1.70. The van der Waals surface area contributed by atoms with Crippen LogP contribution in [-0.2, 0) is 0 Å². The van der Waals surface area contributed by atoms with Crippen molar-refractivity contribution >= 4 is 12.2 Å². The van der Waals surface area contributed by atoms with Crippen molar-refractivity contribution in [3.05, 3.63) is 46.4 Å². The minimum absolute atomic E-state index is 0.385. The Bertz CT molecular complexity index is 573. The molecule has 1 N–H and O–H groups in total. The van der Waals surface area contributed by atoms with Crippen molar-refractivity contribution < 1.29 is 8.78 Å². The molecule has 5 heteroatoms. The van der Waals surface area contributed by atoms with Crippen molar-refractivity contribution in [3.63, 3.8) is 0 Å². The van der Waals surface area contributed by atoms with Crippen molar-refractivity contribution in [2.45, 2.75) is 6.92 Å². The van der Waals surface area contributed by atoms with Crippen LogP contribution in [0.4, 0.5) is 8.78 Å². The van der Waals surface area contributed by atoms with Crippen LogP contribution in [0, 0.1) is 23.2 Å². The Morgan fingerprint density at radius 3 is 2.31 bits per heavy atom. The SMILES string of the molecule is Cc1nc(=S)cc(-c2cc(F)cc(F)c2)[nH]1. The Morgan fingerprint density at radius 2 is 1.75 bits per heavy atom. The molecule has 0 spiro atoms. The molecule has 1 heterocycles. The van der Waals surface area contributed by atoms with Crippen LogP contribution in [0.15, 0.2) is 24.3 Å². The lowest BCUT2D eigenvalue weighted by Gasteiger charge is -2.04. The van der Waals surface area contributed by atoms with Gasteiger partial charge in [0.05, 0.1) is 0 Å². The summed E-state index contributed by atoms with van der Waals surface area (Å²) in [5.41, 5.74) is 0.963. The van der Waals surface area contributed by atoms with E-state index in [-0.39, 0.29) is 0 Å². The van der Waals surface area contributed by atoms with Gasteiger partial charge in [0.15, 0.2) is 0 Å². The maximum absolute atomic E-state index is 13.0. The lowest BCUT2D eigenvalue weighted by Crippen LogP contribution is -1.92. The van der Waals surface area contributed by atoms with E-state index in [9.17, 15) is 8.78 Å². The molecule has 0 amide bonds. The van der Waals surface area contributed by atoms with E-state index in [0.29, 0.717) is 21.7 Å². The second-order valence-electron chi connectivity index (χ2n) is 3.38. The molecule has 2 rings (SSSR count). The molecular formula is C11H8F2N2S. The highest BCUT2D eigenvalue weighted by molar-refractivity contribution is 7.71. The van der Waals surface area contributed by atoms with Crippen molar-refractivity contribution in [1.29, 1.82) is 0 Å². The first kappa shape index (κ1) is 10.9. The van der Waals surface area contributed by atoms with Crippen LogP contribution >= 0.6 is 12.2 Å². The molecule has 82 valence electrons. The first-order valence-electron chi connectivity index (χ1n) is 4.59. The van der Waals surface area contributed by atoms with Gasteiger partial charge < -0.3 is 4.98 Å². The maximum Gasteiger partial charge on any atom is 0.130 e. The first-order chi connectivity index (χ1) is 7.54. The third kappa shape index (κ3) is 2.30. The zero-order valence-electron chi connectivity index (χ0n) is 8.42. The fourth-order valence-electron chi connectivity index (χ4n) is 1.44. The number of aromatic amines is 1. The number of benzene rings is 1. The summed E-state index contributed by atoms with van der Waals surface area (Å²) in [5, 5.41) is 0. The highest BCUT2D eigenvalue weighted by Gasteiger charge is 2.04. The van der Waals surface area contributed by atoms with Crippen LogP contribution < -0.4 is 0 Å². The van der Waals surface area contributed by atoms with Gasteiger partial charge in [-0.1, -0.05) is 12.2 Å². The minimum atomic E-state index is -0.621. The molecule has 0 radical (unpaired) electrons. The summed E-state index contributed by atoms with van der Waals surface area (Å²) in [6.45, 7) is 1.73. The summed E-state index contributed by atoms with van der Waals surface area (Å²) in [6.07, 6.45) is 0. The number of rotatable bonds is 1. The van der Waals surface area contributed by atoms with E-state index in [1.165, 1.54) is 12.1 Å². The monoisotopic (exact) mass is 238 g/mol. The van der Waals surface area contributed by atoms with Gasteiger partial charge in [0.25, 0.3) is 0 Å². The average Bonchev–Trinajstić information content (AvgIpc) is 2.14. The molecule has 0 aliphatic carbocycles. The van der Waals surface area contributed by atoms with Crippen LogP contribution in [0.25, 0.3) is 11.3 Å². The number of hydrogen-bond acceptors (Lipinski definition) is 2. The molecule has 0 saturated heterocycles. The second kappa shape index (κ2) is 4.09. The number of aryl methyl sites for hydroxylation is 1. The normalized spacial score (nSPS) is 10.4. The molecular weight excluding hydrogens is 230 g/mol. The Labute approximate surface area is 96.0 Å². The van der Waals surface area contributed by atoms with E-state index in [0.717, 1.165) is 6.07 Å². The van der Waals surface area contributed by atoms with E-state index in [1.807, 2.05) is 0 Å². The summed E-state index contributed by atoms with van der Waals surface area (Å²) in [6, 6.07) is 4.87. The van der Waals surface area contributed by atoms with E-state index >= 15 is 0 Å². The van der Waals surface area contributed by atoms with Gasteiger partial charge in [0, 0.05) is 17.3 Å². The standard InChI is InChI=1S/C11H8F2N2S/c1-6-14-10(5-11(16)15-6)7-2-8(12)4-9(13)3-7/h2-5H,1H3,(H,14,15,16). The van der Waals surface area contributed by atoms with Crippen LogP contribution in [-0.4, -0.2) is 9.97 Å². The van der Waals surface area contributed by atoms with Gasteiger partial charge in [-0.25, -0.2) is 13.8 Å². The third-order valence-electron chi connectivity index (χ3n) is 2.03. The Balaban J connectivity index is 2.62. The number of H-pyrrole nitrogens is 1. The quantitative estimate of drug-likeness (QED) is 0.771. The van der Waals surface area contributed by atoms with Crippen LogP contribution in [0.2, 0.25) is 0 Å². The number of nitrogens with one attached hydrogen (secondary N) is 1. The molecule has 0 saturated carbocycles. The van der Waals surface area contributed by atoms with Crippen LogP contribution in [0.5, 0.6) is 0 Å². The van der Waals surface area contributed by atoms with Crippen molar-refractivity contribution in [2.75, 3.05) is 0 Å².